The summed E-state index contributed by atoms with van der Waals surface area (Å²) in [6, 6.07) is 5.70. The van der Waals surface area contributed by atoms with Crippen LogP contribution in [0.5, 0.6) is 5.75 Å². The quantitative estimate of drug-likeness (QED) is 0.840. The first-order valence-electron chi connectivity index (χ1n) is 6.62. The number of hydrogen-bond donors (Lipinski definition) is 0. The maximum atomic E-state index is 13.3. The Morgan fingerprint density at radius 2 is 2.05 bits per heavy atom. The topological polar surface area (TPSA) is 62.6 Å². The number of carbonyl (C=O) groups is 1. The Balaban J connectivity index is 1.87. The van der Waals surface area contributed by atoms with Crippen LogP contribution >= 0.6 is 0 Å². The van der Waals surface area contributed by atoms with Crippen molar-refractivity contribution in [1.29, 1.82) is 5.26 Å². The van der Waals surface area contributed by atoms with Crippen molar-refractivity contribution in [3.05, 3.63) is 29.6 Å². The molecule has 0 atom stereocenters. The molecule has 1 saturated heterocycles. The van der Waals surface area contributed by atoms with Crippen LogP contribution in [0.15, 0.2) is 18.2 Å². The zero-order valence-corrected chi connectivity index (χ0v) is 12.2. The minimum Gasteiger partial charge on any atom is -0.487 e. The van der Waals surface area contributed by atoms with Crippen LogP contribution in [0, 0.1) is 17.1 Å². The van der Waals surface area contributed by atoms with Gasteiger partial charge in [0.25, 0.3) is 0 Å². The molecule has 0 saturated carbocycles. The molecule has 2 rings (SSSR count). The molecule has 0 unspecified atom stereocenters. The average molecular weight is 292 g/mol. The predicted octanol–water partition coefficient (Wildman–Crippen LogP) is 2.70. The fourth-order valence-corrected chi connectivity index (χ4v) is 1.88. The number of rotatable bonds is 2. The Bertz CT molecular complexity index is 584. The van der Waals surface area contributed by atoms with Gasteiger partial charge in [-0.1, -0.05) is 0 Å². The van der Waals surface area contributed by atoms with E-state index in [0.717, 1.165) is 6.07 Å². The van der Waals surface area contributed by atoms with Crippen LogP contribution in [-0.4, -0.2) is 35.8 Å². The molecule has 1 aromatic carbocycles. The standard InChI is InChI=1S/C15H17FN2O3/c1-15(2,3)21-14(19)18-8-13(9-18)20-12-5-10(7-17)4-11(16)6-12/h4-6,13H,8-9H2,1-3H3. The third kappa shape index (κ3) is 4.09. The van der Waals surface area contributed by atoms with E-state index < -0.39 is 11.4 Å². The van der Waals surface area contributed by atoms with E-state index >= 15 is 0 Å². The van der Waals surface area contributed by atoms with Gasteiger partial charge in [0.1, 0.15) is 23.3 Å². The van der Waals surface area contributed by atoms with E-state index in [1.807, 2.05) is 6.07 Å². The molecule has 1 fully saturated rings. The molecule has 21 heavy (non-hydrogen) atoms. The van der Waals surface area contributed by atoms with Gasteiger partial charge in [-0.05, 0) is 32.9 Å². The van der Waals surface area contributed by atoms with Crippen LogP contribution in [0.4, 0.5) is 9.18 Å². The second kappa shape index (κ2) is 5.60. The first-order valence-corrected chi connectivity index (χ1v) is 6.62. The van der Waals surface area contributed by atoms with Crippen LogP contribution in [0.25, 0.3) is 0 Å². The van der Waals surface area contributed by atoms with Gasteiger partial charge in [-0.25, -0.2) is 9.18 Å². The monoisotopic (exact) mass is 292 g/mol. The van der Waals surface area contributed by atoms with E-state index in [-0.39, 0.29) is 17.8 Å². The Morgan fingerprint density at radius 1 is 1.38 bits per heavy atom. The number of carbonyl (C=O) groups excluding carboxylic acids is 1. The summed E-state index contributed by atoms with van der Waals surface area (Å²) in [5.41, 5.74) is -0.332. The summed E-state index contributed by atoms with van der Waals surface area (Å²) in [6.45, 7) is 6.17. The molecule has 1 aromatic rings. The molecule has 0 aromatic heterocycles. The highest BCUT2D eigenvalue weighted by atomic mass is 19.1. The zero-order valence-electron chi connectivity index (χ0n) is 12.2. The molecular weight excluding hydrogens is 275 g/mol. The lowest BCUT2D eigenvalue weighted by molar-refractivity contribution is -0.0222. The fourth-order valence-electron chi connectivity index (χ4n) is 1.88. The number of ether oxygens (including phenoxy) is 2. The third-order valence-corrected chi connectivity index (χ3v) is 2.80. The lowest BCUT2D eigenvalue weighted by Gasteiger charge is -2.39. The first-order chi connectivity index (χ1) is 9.76. The largest absolute Gasteiger partial charge is 0.487 e. The predicted molar refractivity (Wildman–Crippen MR) is 73.3 cm³/mol. The molecule has 1 amide bonds. The van der Waals surface area contributed by atoms with Gasteiger partial charge in [-0.15, -0.1) is 0 Å². The summed E-state index contributed by atoms with van der Waals surface area (Å²) in [7, 11) is 0. The summed E-state index contributed by atoms with van der Waals surface area (Å²) in [6.07, 6.45) is -0.606. The fraction of sp³-hybridized carbons (Fsp3) is 0.467. The van der Waals surface area contributed by atoms with Crippen LogP contribution < -0.4 is 4.74 Å². The molecule has 0 aliphatic carbocycles. The van der Waals surface area contributed by atoms with Crippen LogP contribution in [0.3, 0.4) is 0 Å². The molecule has 0 radical (unpaired) electrons. The van der Waals surface area contributed by atoms with Crippen molar-refractivity contribution in [2.45, 2.75) is 32.5 Å². The van der Waals surface area contributed by atoms with Gasteiger partial charge in [-0.3, -0.25) is 0 Å². The van der Waals surface area contributed by atoms with Crippen molar-refractivity contribution in [2.24, 2.45) is 0 Å². The zero-order chi connectivity index (χ0) is 15.6. The molecule has 5 nitrogen and oxygen atoms in total. The molecule has 112 valence electrons. The maximum Gasteiger partial charge on any atom is 0.410 e. The van der Waals surface area contributed by atoms with Crippen molar-refractivity contribution < 1.29 is 18.7 Å². The summed E-state index contributed by atoms with van der Waals surface area (Å²) in [5, 5.41) is 8.77. The number of halogens is 1. The van der Waals surface area contributed by atoms with Crippen molar-refractivity contribution in [1.82, 2.24) is 4.90 Å². The highest BCUT2D eigenvalue weighted by Crippen LogP contribution is 2.22. The summed E-state index contributed by atoms with van der Waals surface area (Å²) >= 11 is 0. The first kappa shape index (κ1) is 15.1. The normalized spacial score (nSPS) is 15.1. The number of hydrogen-bond acceptors (Lipinski definition) is 4. The molecule has 0 spiro atoms. The lowest BCUT2D eigenvalue weighted by atomic mass is 10.1. The van der Waals surface area contributed by atoms with Crippen molar-refractivity contribution in [3.8, 4) is 11.8 Å². The van der Waals surface area contributed by atoms with E-state index in [1.54, 1.807) is 20.8 Å². The van der Waals surface area contributed by atoms with Gasteiger partial charge < -0.3 is 14.4 Å². The number of amides is 1. The van der Waals surface area contributed by atoms with E-state index in [9.17, 15) is 9.18 Å². The van der Waals surface area contributed by atoms with Crippen LogP contribution in [0.1, 0.15) is 26.3 Å². The molecule has 1 heterocycles. The smallest absolute Gasteiger partial charge is 0.410 e. The van der Waals surface area contributed by atoms with Crippen molar-refractivity contribution in [3.63, 3.8) is 0 Å². The number of nitriles is 1. The Labute approximate surface area is 122 Å². The van der Waals surface area contributed by atoms with Crippen LogP contribution in [0.2, 0.25) is 0 Å². The second-order valence-corrected chi connectivity index (χ2v) is 5.91. The van der Waals surface area contributed by atoms with E-state index in [4.69, 9.17) is 14.7 Å². The maximum absolute atomic E-state index is 13.3. The number of benzene rings is 1. The van der Waals surface area contributed by atoms with Gasteiger partial charge in [0, 0.05) is 6.07 Å². The molecular formula is C15H17FN2O3. The summed E-state index contributed by atoms with van der Waals surface area (Å²) in [5.74, 6) is -0.229. The Kier molecular flexibility index (Phi) is 4.03. The SMILES string of the molecule is CC(C)(C)OC(=O)N1CC(Oc2cc(F)cc(C#N)c2)C1. The van der Waals surface area contributed by atoms with E-state index in [1.165, 1.54) is 17.0 Å². The Morgan fingerprint density at radius 3 is 2.62 bits per heavy atom. The van der Waals surface area contributed by atoms with Gasteiger partial charge in [0.05, 0.1) is 24.7 Å². The van der Waals surface area contributed by atoms with Crippen molar-refractivity contribution in [2.75, 3.05) is 13.1 Å². The average Bonchev–Trinajstić information content (AvgIpc) is 2.30. The Hall–Kier alpha value is -2.29. The highest BCUT2D eigenvalue weighted by Gasteiger charge is 2.35. The third-order valence-electron chi connectivity index (χ3n) is 2.80. The van der Waals surface area contributed by atoms with Gasteiger partial charge >= 0.3 is 6.09 Å². The van der Waals surface area contributed by atoms with E-state index in [0.29, 0.717) is 18.8 Å². The summed E-state index contributed by atoms with van der Waals surface area (Å²) in [4.78, 5) is 13.3. The van der Waals surface area contributed by atoms with E-state index in [2.05, 4.69) is 0 Å². The molecule has 0 N–H and O–H groups in total. The van der Waals surface area contributed by atoms with Crippen molar-refractivity contribution >= 4 is 6.09 Å². The lowest BCUT2D eigenvalue weighted by Crippen LogP contribution is -2.57. The molecule has 1 aliphatic heterocycles. The minimum atomic E-state index is -0.534. The molecule has 1 aliphatic rings. The van der Waals surface area contributed by atoms with Crippen LogP contribution in [-0.2, 0) is 4.74 Å². The summed E-state index contributed by atoms with van der Waals surface area (Å²) < 4.78 is 24.0. The van der Waals surface area contributed by atoms with Gasteiger partial charge in [-0.2, -0.15) is 5.26 Å². The number of nitrogens with zero attached hydrogens (tertiary/aromatic N) is 2. The van der Waals surface area contributed by atoms with Gasteiger partial charge in [0.15, 0.2) is 0 Å². The molecule has 6 heteroatoms. The second-order valence-electron chi connectivity index (χ2n) is 5.91. The molecule has 0 bridgehead atoms. The minimum absolute atomic E-state index is 0.202. The highest BCUT2D eigenvalue weighted by molar-refractivity contribution is 5.69. The number of likely N-dealkylation sites (tertiary alicyclic amines) is 1. The van der Waals surface area contributed by atoms with Gasteiger partial charge in [0.2, 0.25) is 0 Å².